The smallest absolute Gasteiger partial charge is 0.424 e. The fourth-order valence-corrected chi connectivity index (χ4v) is 6.32. The monoisotopic (exact) mass is 777 g/mol. The molecule has 0 bridgehead atoms. The normalized spacial score (nSPS) is 16.8. The van der Waals surface area contributed by atoms with Gasteiger partial charge in [-0.15, -0.1) is 23.2 Å². The van der Waals surface area contributed by atoms with Crippen molar-refractivity contribution in [3.63, 3.8) is 0 Å². The molecule has 0 saturated heterocycles. The number of carbonyl (C=O) groups is 4. The number of nitrogens with one attached hydrogen (secondary N) is 2. The Morgan fingerprint density at radius 3 is 1.88 bits per heavy atom. The van der Waals surface area contributed by atoms with Crippen LogP contribution < -0.4 is 15.5 Å². The fourth-order valence-electron chi connectivity index (χ4n) is 4.75. The third kappa shape index (κ3) is 9.26. The summed E-state index contributed by atoms with van der Waals surface area (Å²) in [6, 6.07) is 9.65. The highest BCUT2D eigenvalue weighted by atomic mass is 35.5. The second-order valence-electron chi connectivity index (χ2n) is 13.0. The Kier molecular flexibility index (Phi) is 11.1. The van der Waals surface area contributed by atoms with Crippen molar-refractivity contribution in [1.82, 2.24) is 0 Å². The molecule has 3 aromatic rings. The van der Waals surface area contributed by atoms with E-state index >= 15 is 4.39 Å². The number of hydrogen-bond donors (Lipinski definition) is 2. The molecule has 1 fully saturated rings. The standard InChI is InChI=1S/C33H30Cl5F2N3O6/c1-31(2,3)48-29(46)43(30(47)49-32(4,5)6)23-13-18(39)12-22(40)26(23)42-27(44)20-14-19(7-8-21(20)36)41-28(45)25-24(33(25,37)38)15-9-16(34)11-17(35)10-15/h7-14,24-25H,1-6H3,(H,41,45)(H,42,44)/t24?,25-/m1/s1. The maximum atomic E-state index is 15.4. The van der Waals surface area contributed by atoms with Crippen LogP contribution >= 0.6 is 58.0 Å². The van der Waals surface area contributed by atoms with Crippen LogP contribution in [-0.2, 0) is 14.3 Å². The van der Waals surface area contributed by atoms with E-state index in [1.807, 2.05) is 0 Å². The van der Waals surface area contributed by atoms with Crippen LogP contribution in [0.5, 0.6) is 0 Å². The van der Waals surface area contributed by atoms with Crippen LogP contribution in [0.3, 0.4) is 0 Å². The molecular weight excluding hydrogens is 750 g/mol. The number of imide groups is 1. The highest BCUT2D eigenvalue weighted by molar-refractivity contribution is 6.53. The average molecular weight is 780 g/mol. The van der Waals surface area contributed by atoms with Gasteiger partial charge >= 0.3 is 12.2 Å². The number of nitrogens with zero attached hydrogens (tertiary/aromatic N) is 1. The maximum Gasteiger partial charge on any atom is 0.424 e. The fraction of sp³-hybridized carbons (Fsp3) is 0.333. The topological polar surface area (TPSA) is 114 Å². The molecule has 0 aromatic heterocycles. The molecular formula is C33H30Cl5F2N3O6. The van der Waals surface area contributed by atoms with Gasteiger partial charge in [0.25, 0.3) is 5.91 Å². The zero-order valence-electron chi connectivity index (χ0n) is 26.8. The van der Waals surface area contributed by atoms with Crippen LogP contribution in [0.15, 0.2) is 48.5 Å². The summed E-state index contributed by atoms with van der Waals surface area (Å²) in [7, 11) is 0. The van der Waals surface area contributed by atoms with E-state index in [-0.39, 0.29) is 21.2 Å². The number of carbonyl (C=O) groups excluding carboxylic acids is 4. The van der Waals surface area contributed by atoms with Gasteiger partial charge in [0, 0.05) is 33.8 Å². The molecule has 49 heavy (non-hydrogen) atoms. The third-order valence-corrected chi connectivity index (χ3v) is 8.43. The Morgan fingerprint density at radius 2 is 1.35 bits per heavy atom. The molecule has 2 atom stereocenters. The first-order valence-corrected chi connectivity index (χ1v) is 16.4. The van der Waals surface area contributed by atoms with Crippen LogP contribution in [-0.4, -0.2) is 39.5 Å². The van der Waals surface area contributed by atoms with Gasteiger partial charge in [-0.3, -0.25) is 9.59 Å². The van der Waals surface area contributed by atoms with E-state index in [0.717, 1.165) is 0 Å². The molecule has 9 nitrogen and oxygen atoms in total. The summed E-state index contributed by atoms with van der Waals surface area (Å²) in [5.74, 6) is -5.76. The van der Waals surface area contributed by atoms with Gasteiger partial charge in [0.2, 0.25) is 5.91 Å². The zero-order chi connectivity index (χ0) is 36.8. The van der Waals surface area contributed by atoms with Gasteiger partial charge in [-0.1, -0.05) is 34.8 Å². The molecule has 1 unspecified atom stereocenters. The predicted octanol–water partition coefficient (Wildman–Crippen LogP) is 10.4. The number of rotatable bonds is 6. The van der Waals surface area contributed by atoms with E-state index in [1.54, 1.807) is 12.1 Å². The molecule has 0 radical (unpaired) electrons. The van der Waals surface area contributed by atoms with Crippen molar-refractivity contribution < 1.29 is 37.4 Å². The first kappa shape index (κ1) is 38.5. The lowest BCUT2D eigenvalue weighted by Crippen LogP contribution is -2.44. The Bertz CT molecular complexity index is 1800. The lowest BCUT2D eigenvalue weighted by Gasteiger charge is -2.29. The average Bonchev–Trinajstić information content (AvgIpc) is 3.50. The highest BCUT2D eigenvalue weighted by Gasteiger charge is 2.67. The second-order valence-corrected chi connectivity index (χ2v) is 15.8. The van der Waals surface area contributed by atoms with Gasteiger partial charge in [0.05, 0.1) is 22.2 Å². The van der Waals surface area contributed by atoms with Gasteiger partial charge in [-0.2, -0.15) is 4.90 Å². The number of hydrogen-bond acceptors (Lipinski definition) is 6. The van der Waals surface area contributed by atoms with Gasteiger partial charge < -0.3 is 20.1 Å². The molecule has 4 amide bonds. The van der Waals surface area contributed by atoms with Crippen LogP contribution in [0, 0.1) is 17.6 Å². The molecule has 0 spiro atoms. The summed E-state index contributed by atoms with van der Waals surface area (Å²) in [6.07, 6.45) is -2.67. The van der Waals surface area contributed by atoms with E-state index in [1.165, 1.54) is 65.8 Å². The van der Waals surface area contributed by atoms with Crippen LogP contribution in [0.2, 0.25) is 15.1 Å². The van der Waals surface area contributed by atoms with Gasteiger partial charge in [0.15, 0.2) is 5.82 Å². The molecule has 3 aromatic carbocycles. The SMILES string of the molecule is CC(C)(C)OC(=O)N(C(=O)OC(C)(C)C)c1cc(F)cc(F)c1NC(=O)c1cc(NC(=O)[C@H]2C(c3cc(Cl)cc(Cl)c3)C2(Cl)Cl)ccc1Cl. The molecule has 0 heterocycles. The van der Waals surface area contributed by atoms with E-state index in [2.05, 4.69) is 10.6 Å². The van der Waals surface area contributed by atoms with Gasteiger partial charge in [-0.25, -0.2) is 18.4 Å². The molecule has 4 rings (SSSR count). The summed E-state index contributed by atoms with van der Waals surface area (Å²) >= 11 is 31.4. The second kappa shape index (κ2) is 14.1. The molecule has 262 valence electrons. The minimum Gasteiger partial charge on any atom is -0.443 e. The molecule has 1 aliphatic carbocycles. The summed E-state index contributed by atoms with van der Waals surface area (Å²) in [5.41, 5.74) is -3.42. The molecule has 2 N–H and O–H groups in total. The van der Waals surface area contributed by atoms with Crippen LogP contribution in [0.25, 0.3) is 0 Å². The number of benzene rings is 3. The Hall–Kier alpha value is -3.35. The van der Waals surface area contributed by atoms with Crippen molar-refractivity contribution >= 4 is 99.1 Å². The lowest BCUT2D eigenvalue weighted by atomic mass is 10.1. The number of anilines is 3. The number of halogens is 7. The van der Waals surface area contributed by atoms with Crippen LogP contribution in [0.1, 0.15) is 63.4 Å². The summed E-state index contributed by atoms with van der Waals surface area (Å²) in [5, 5.41) is 5.40. The maximum absolute atomic E-state index is 15.4. The van der Waals surface area contributed by atoms with Crippen LogP contribution in [0.4, 0.5) is 35.4 Å². The van der Waals surface area contributed by atoms with Crippen molar-refractivity contribution in [2.45, 2.75) is 63.0 Å². The number of ether oxygens (including phenoxy) is 2. The minimum absolute atomic E-state index is 0.0856. The van der Waals surface area contributed by atoms with E-state index < -0.39 is 74.4 Å². The van der Waals surface area contributed by atoms with Crippen molar-refractivity contribution in [2.24, 2.45) is 5.92 Å². The Labute approximate surface area is 306 Å². The summed E-state index contributed by atoms with van der Waals surface area (Å²) < 4.78 is 39.1. The molecule has 0 aliphatic heterocycles. The Balaban J connectivity index is 1.65. The predicted molar refractivity (Wildman–Crippen MR) is 186 cm³/mol. The van der Waals surface area contributed by atoms with E-state index in [9.17, 15) is 23.6 Å². The third-order valence-electron chi connectivity index (χ3n) is 6.72. The first-order valence-electron chi connectivity index (χ1n) is 14.5. The van der Waals surface area contributed by atoms with Gasteiger partial charge in [-0.05, 0) is 83.5 Å². The minimum atomic E-state index is -1.49. The van der Waals surface area contributed by atoms with Crippen molar-refractivity contribution in [3.8, 4) is 0 Å². The Morgan fingerprint density at radius 1 is 0.796 bits per heavy atom. The van der Waals surface area contributed by atoms with E-state index in [4.69, 9.17) is 67.5 Å². The molecule has 1 aliphatic rings. The first-order chi connectivity index (χ1) is 22.5. The van der Waals surface area contributed by atoms with Crippen molar-refractivity contribution in [3.05, 3.63) is 86.4 Å². The molecule has 1 saturated carbocycles. The molecule has 16 heteroatoms. The largest absolute Gasteiger partial charge is 0.443 e. The summed E-state index contributed by atoms with van der Waals surface area (Å²) in [6.45, 7) is 9.07. The number of amides is 4. The number of alkyl halides is 2. The lowest BCUT2D eigenvalue weighted by molar-refractivity contribution is -0.117. The summed E-state index contributed by atoms with van der Waals surface area (Å²) in [4.78, 5) is 53.5. The van der Waals surface area contributed by atoms with Crippen molar-refractivity contribution in [1.29, 1.82) is 0 Å². The van der Waals surface area contributed by atoms with E-state index in [0.29, 0.717) is 27.7 Å². The zero-order valence-corrected chi connectivity index (χ0v) is 30.6. The quantitative estimate of drug-likeness (QED) is 0.241. The van der Waals surface area contributed by atoms with Crippen molar-refractivity contribution in [2.75, 3.05) is 15.5 Å². The highest BCUT2D eigenvalue weighted by Crippen LogP contribution is 2.65. The van der Waals surface area contributed by atoms with Gasteiger partial charge in [0.1, 0.15) is 27.0 Å².